The second kappa shape index (κ2) is 4.80. The van der Waals surface area contributed by atoms with E-state index in [9.17, 15) is 10.1 Å². The van der Waals surface area contributed by atoms with Gasteiger partial charge in [0.25, 0.3) is 4.96 Å². The van der Waals surface area contributed by atoms with Gasteiger partial charge >= 0.3 is 5.82 Å². The lowest BCUT2D eigenvalue weighted by atomic mass is 10.3. The molecule has 0 amide bonds. The first-order chi connectivity index (χ1) is 9.20. The summed E-state index contributed by atoms with van der Waals surface area (Å²) in [6.45, 7) is 3.80. The van der Waals surface area contributed by atoms with Gasteiger partial charge in [0.2, 0.25) is 5.82 Å². The predicted octanol–water partition coefficient (Wildman–Crippen LogP) is 2.93. The molecule has 1 saturated carbocycles. The Morgan fingerprint density at radius 1 is 1.63 bits per heavy atom. The summed E-state index contributed by atoms with van der Waals surface area (Å²) in [6.07, 6.45) is 5.15. The minimum Gasteiger partial charge on any atom is -0.358 e. The maximum Gasteiger partial charge on any atom is 0.373 e. The molecule has 1 fully saturated rings. The van der Waals surface area contributed by atoms with Gasteiger partial charge in [-0.25, -0.2) is 0 Å². The van der Waals surface area contributed by atoms with E-state index in [1.807, 2.05) is 5.38 Å². The summed E-state index contributed by atoms with van der Waals surface area (Å²) in [4.78, 5) is 18.2. The van der Waals surface area contributed by atoms with Gasteiger partial charge in [-0.2, -0.15) is 9.38 Å². The summed E-state index contributed by atoms with van der Waals surface area (Å²) in [5.74, 6) is 1.32. The Labute approximate surface area is 114 Å². The lowest BCUT2D eigenvalue weighted by Crippen LogP contribution is -2.27. The topological polar surface area (TPSA) is 63.7 Å². The first kappa shape index (κ1) is 12.4. The van der Waals surface area contributed by atoms with Crippen molar-refractivity contribution in [1.29, 1.82) is 0 Å². The van der Waals surface area contributed by atoms with Crippen LogP contribution in [0.3, 0.4) is 0 Å². The molecule has 0 saturated heterocycles. The molecule has 0 unspecified atom stereocenters. The average Bonchev–Trinajstić information content (AvgIpc) is 2.93. The van der Waals surface area contributed by atoms with E-state index in [-0.39, 0.29) is 10.7 Å². The molecule has 0 spiro atoms. The lowest BCUT2D eigenvalue weighted by Gasteiger charge is -2.20. The van der Waals surface area contributed by atoms with Crippen LogP contribution in [-0.2, 0) is 0 Å². The number of aromatic nitrogens is 2. The van der Waals surface area contributed by atoms with Crippen molar-refractivity contribution in [1.82, 2.24) is 9.38 Å². The van der Waals surface area contributed by atoms with Crippen LogP contribution in [0.1, 0.15) is 26.2 Å². The molecule has 1 aliphatic carbocycles. The van der Waals surface area contributed by atoms with Gasteiger partial charge in [-0.3, -0.25) is 0 Å². The van der Waals surface area contributed by atoms with Crippen molar-refractivity contribution in [2.75, 3.05) is 18.0 Å². The first-order valence-corrected chi connectivity index (χ1v) is 7.43. The van der Waals surface area contributed by atoms with E-state index in [0.717, 1.165) is 19.5 Å². The Bertz CT molecular complexity index is 602. The Balaban J connectivity index is 2.02. The number of anilines is 1. The highest BCUT2D eigenvalue weighted by molar-refractivity contribution is 7.15. The maximum absolute atomic E-state index is 11.3. The van der Waals surface area contributed by atoms with E-state index >= 15 is 0 Å². The minimum atomic E-state index is -0.322. The van der Waals surface area contributed by atoms with Crippen molar-refractivity contribution < 1.29 is 4.92 Å². The van der Waals surface area contributed by atoms with Crippen LogP contribution >= 0.6 is 11.3 Å². The fourth-order valence-corrected chi connectivity index (χ4v) is 3.01. The first-order valence-electron chi connectivity index (χ1n) is 6.55. The molecule has 0 aliphatic heterocycles. The van der Waals surface area contributed by atoms with Crippen LogP contribution < -0.4 is 4.90 Å². The summed E-state index contributed by atoms with van der Waals surface area (Å²) in [7, 11) is 0. The molecular formula is C12H16N4O2S. The molecule has 7 heteroatoms. The lowest BCUT2D eigenvalue weighted by molar-refractivity contribution is -0.389. The number of hydrogen-bond donors (Lipinski definition) is 0. The molecule has 2 aromatic rings. The molecule has 0 bridgehead atoms. The largest absolute Gasteiger partial charge is 0.373 e. The van der Waals surface area contributed by atoms with E-state index in [4.69, 9.17) is 0 Å². The number of fused-ring (bicyclic) bond motifs is 1. The molecule has 2 aromatic heterocycles. The molecule has 0 atom stereocenters. The highest BCUT2D eigenvalue weighted by atomic mass is 32.1. The minimum absolute atomic E-state index is 0.102. The zero-order valence-electron chi connectivity index (χ0n) is 10.8. The van der Waals surface area contributed by atoms with E-state index in [1.165, 1.54) is 24.2 Å². The molecule has 19 heavy (non-hydrogen) atoms. The predicted molar refractivity (Wildman–Crippen MR) is 75.0 cm³/mol. The van der Waals surface area contributed by atoms with Crippen LogP contribution in [0, 0.1) is 16.0 Å². The second-order valence-corrected chi connectivity index (χ2v) is 5.83. The third kappa shape index (κ3) is 2.30. The number of thiazole rings is 1. The molecular weight excluding hydrogens is 264 g/mol. The Morgan fingerprint density at radius 2 is 2.42 bits per heavy atom. The van der Waals surface area contributed by atoms with Gasteiger partial charge in [-0.05, 0) is 30.1 Å². The van der Waals surface area contributed by atoms with Crippen molar-refractivity contribution in [2.45, 2.75) is 26.2 Å². The Kier molecular flexibility index (Phi) is 3.14. The maximum atomic E-state index is 11.3. The number of hydrogen-bond acceptors (Lipinski definition) is 5. The van der Waals surface area contributed by atoms with Crippen LogP contribution in [-0.4, -0.2) is 27.4 Å². The summed E-state index contributed by atoms with van der Waals surface area (Å²) in [5, 5.41) is 13.2. The smallest absolute Gasteiger partial charge is 0.358 e. The van der Waals surface area contributed by atoms with Crippen molar-refractivity contribution in [3.8, 4) is 0 Å². The van der Waals surface area contributed by atoms with Crippen molar-refractivity contribution in [3.63, 3.8) is 0 Å². The standard InChI is InChI=1S/C12H16N4O2S/c1-2-5-14(8-9-3-4-9)10-11(16(17)18)15-6-7-19-12(15)13-10/h6-7,9H,2-5,8H2,1H3. The van der Waals surface area contributed by atoms with E-state index < -0.39 is 0 Å². The van der Waals surface area contributed by atoms with Crippen molar-refractivity contribution in [2.24, 2.45) is 5.92 Å². The third-order valence-corrected chi connectivity index (χ3v) is 4.12. The summed E-state index contributed by atoms with van der Waals surface area (Å²) in [6, 6.07) is 0. The van der Waals surface area contributed by atoms with Crippen molar-refractivity contribution >= 4 is 27.9 Å². The van der Waals surface area contributed by atoms with Crippen LogP contribution in [0.15, 0.2) is 11.6 Å². The van der Waals surface area contributed by atoms with Crippen LogP contribution in [0.4, 0.5) is 11.6 Å². The zero-order chi connectivity index (χ0) is 13.4. The normalized spacial score (nSPS) is 15.0. The molecule has 3 rings (SSSR count). The third-order valence-electron chi connectivity index (χ3n) is 3.36. The molecule has 2 heterocycles. The van der Waals surface area contributed by atoms with Gasteiger partial charge in [0, 0.05) is 18.5 Å². The fourth-order valence-electron chi connectivity index (χ4n) is 2.31. The summed E-state index contributed by atoms with van der Waals surface area (Å²) in [5.41, 5.74) is 0. The second-order valence-electron chi connectivity index (χ2n) is 4.96. The monoisotopic (exact) mass is 280 g/mol. The molecule has 6 nitrogen and oxygen atoms in total. The van der Waals surface area contributed by atoms with Gasteiger partial charge in [0.05, 0.1) is 0 Å². The highest BCUT2D eigenvalue weighted by Crippen LogP contribution is 2.35. The summed E-state index contributed by atoms with van der Waals surface area (Å²) < 4.78 is 1.58. The van der Waals surface area contributed by atoms with E-state index in [1.54, 1.807) is 10.6 Å². The highest BCUT2D eigenvalue weighted by Gasteiger charge is 2.31. The van der Waals surface area contributed by atoms with Crippen LogP contribution in [0.25, 0.3) is 4.96 Å². The van der Waals surface area contributed by atoms with Gasteiger partial charge < -0.3 is 15.0 Å². The van der Waals surface area contributed by atoms with Gasteiger partial charge in [-0.15, -0.1) is 0 Å². The summed E-state index contributed by atoms with van der Waals surface area (Å²) >= 11 is 1.43. The molecule has 0 aromatic carbocycles. The van der Waals surface area contributed by atoms with Gasteiger partial charge in [-0.1, -0.05) is 18.3 Å². The van der Waals surface area contributed by atoms with E-state index in [0.29, 0.717) is 16.7 Å². The average molecular weight is 280 g/mol. The van der Waals surface area contributed by atoms with Gasteiger partial charge in [0.1, 0.15) is 6.20 Å². The Morgan fingerprint density at radius 3 is 3.05 bits per heavy atom. The number of rotatable bonds is 6. The number of imidazole rings is 1. The molecule has 0 radical (unpaired) electrons. The SMILES string of the molecule is CCCN(CC1CC1)c1nc2sccn2c1[N+](=O)[O-]. The number of nitrogens with zero attached hydrogens (tertiary/aromatic N) is 4. The fraction of sp³-hybridized carbons (Fsp3) is 0.583. The van der Waals surface area contributed by atoms with Gasteiger partial charge in [0.15, 0.2) is 0 Å². The molecule has 102 valence electrons. The van der Waals surface area contributed by atoms with Crippen LogP contribution in [0.2, 0.25) is 0 Å². The molecule has 1 aliphatic rings. The number of nitro groups is 1. The van der Waals surface area contributed by atoms with Crippen LogP contribution in [0.5, 0.6) is 0 Å². The zero-order valence-corrected chi connectivity index (χ0v) is 11.6. The van der Waals surface area contributed by atoms with E-state index in [2.05, 4.69) is 16.8 Å². The van der Waals surface area contributed by atoms with Crippen molar-refractivity contribution in [3.05, 3.63) is 21.7 Å². The molecule has 0 N–H and O–H groups in total. The Hall–Kier alpha value is -1.63. The quantitative estimate of drug-likeness (QED) is 0.603.